The van der Waals surface area contributed by atoms with Crippen molar-refractivity contribution in [3.63, 3.8) is 0 Å². The molecule has 0 saturated heterocycles. The highest BCUT2D eigenvalue weighted by molar-refractivity contribution is 6.32. The first-order valence-electron chi connectivity index (χ1n) is 5.54. The highest BCUT2D eigenvalue weighted by Gasteiger charge is 2.20. The van der Waals surface area contributed by atoms with Crippen LogP contribution < -0.4 is 16.0 Å². The molecule has 0 radical (unpaired) electrons. The number of benzene rings is 1. The smallest absolute Gasteiger partial charge is 0.312 e. The maximum absolute atomic E-state index is 11.0. The van der Waals surface area contributed by atoms with Crippen LogP contribution in [0.25, 0.3) is 0 Å². The zero-order valence-electron chi connectivity index (χ0n) is 10.3. The second-order valence-electron chi connectivity index (χ2n) is 3.88. The van der Waals surface area contributed by atoms with Gasteiger partial charge in [-0.25, -0.2) is 5.84 Å². The molecule has 0 aliphatic carbocycles. The second kappa shape index (κ2) is 6.91. The number of halogens is 1. The lowest BCUT2D eigenvalue weighted by Gasteiger charge is -2.15. The third-order valence-electron chi connectivity index (χ3n) is 2.40. The monoisotopic (exact) mass is 287 g/mol. The predicted molar refractivity (Wildman–Crippen MR) is 69.8 cm³/mol. The van der Waals surface area contributed by atoms with Crippen LogP contribution >= 0.6 is 11.6 Å². The quantitative estimate of drug-likeness (QED) is 0.359. The summed E-state index contributed by atoms with van der Waals surface area (Å²) in [7, 11) is 0. The number of carbonyl (C=O) groups is 1. The molecule has 0 fully saturated rings. The molecule has 0 bridgehead atoms. The number of hydrogen-bond donors (Lipinski definition) is 2. The van der Waals surface area contributed by atoms with E-state index in [0.29, 0.717) is 6.42 Å². The van der Waals surface area contributed by atoms with E-state index in [0.717, 1.165) is 0 Å². The fourth-order valence-corrected chi connectivity index (χ4v) is 1.64. The number of nitro benzene ring substituents is 1. The summed E-state index contributed by atoms with van der Waals surface area (Å²) in [4.78, 5) is 21.3. The Bertz CT molecular complexity index is 481. The molecule has 0 aliphatic heterocycles. The van der Waals surface area contributed by atoms with E-state index in [1.807, 2.05) is 5.43 Å². The number of rotatable bonds is 6. The van der Waals surface area contributed by atoms with E-state index in [1.165, 1.54) is 18.2 Å². The van der Waals surface area contributed by atoms with E-state index in [2.05, 4.69) is 0 Å². The SMILES string of the molecule is CC(CCC(=O)NN)Oc1c(Cl)cccc1[N+](=O)[O-]. The van der Waals surface area contributed by atoms with Crippen LogP contribution in [-0.4, -0.2) is 16.9 Å². The normalized spacial score (nSPS) is 11.7. The Morgan fingerprint density at radius 1 is 1.63 bits per heavy atom. The summed E-state index contributed by atoms with van der Waals surface area (Å²) in [5.74, 6) is 4.63. The Morgan fingerprint density at radius 2 is 2.32 bits per heavy atom. The van der Waals surface area contributed by atoms with Gasteiger partial charge in [0.05, 0.1) is 16.0 Å². The number of para-hydroxylation sites is 1. The number of carbonyl (C=O) groups excluding carboxylic acids is 1. The van der Waals surface area contributed by atoms with Gasteiger partial charge in [0.15, 0.2) is 0 Å². The molecule has 104 valence electrons. The highest BCUT2D eigenvalue weighted by Crippen LogP contribution is 2.35. The van der Waals surface area contributed by atoms with Crippen molar-refractivity contribution < 1.29 is 14.5 Å². The molecule has 0 saturated carbocycles. The Balaban J connectivity index is 2.76. The van der Waals surface area contributed by atoms with Crippen molar-refractivity contribution in [2.75, 3.05) is 0 Å². The molecule has 1 amide bonds. The fourth-order valence-electron chi connectivity index (χ4n) is 1.42. The number of amides is 1. The number of nitrogens with one attached hydrogen (secondary N) is 1. The van der Waals surface area contributed by atoms with Gasteiger partial charge in [0, 0.05) is 12.5 Å². The minimum absolute atomic E-state index is 0.00910. The number of nitrogens with zero attached hydrogens (tertiary/aromatic N) is 1. The van der Waals surface area contributed by atoms with Crippen molar-refractivity contribution >= 4 is 23.2 Å². The molecule has 1 aromatic carbocycles. The average Bonchev–Trinajstić information content (AvgIpc) is 2.38. The molecule has 19 heavy (non-hydrogen) atoms. The molecular formula is C11H14ClN3O4. The Kier molecular flexibility index (Phi) is 5.53. The maximum Gasteiger partial charge on any atom is 0.312 e. The molecule has 3 N–H and O–H groups in total. The van der Waals surface area contributed by atoms with Crippen LogP contribution in [0.5, 0.6) is 5.75 Å². The Morgan fingerprint density at radius 3 is 2.89 bits per heavy atom. The van der Waals surface area contributed by atoms with Crippen molar-refractivity contribution in [1.29, 1.82) is 0 Å². The lowest BCUT2D eigenvalue weighted by atomic mass is 10.2. The van der Waals surface area contributed by atoms with E-state index >= 15 is 0 Å². The minimum atomic E-state index is -0.569. The number of ether oxygens (including phenoxy) is 1. The second-order valence-corrected chi connectivity index (χ2v) is 4.29. The summed E-state index contributed by atoms with van der Waals surface area (Å²) in [5, 5.41) is 11.0. The molecule has 8 heteroatoms. The van der Waals surface area contributed by atoms with Gasteiger partial charge in [-0.1, -0.05) is 17.7 Å². The van der Waals surface area contributed by atoms with Gasteiger partial charge in [-0.05, 0) is 19.4 Å². The van der Waals surface area contributed by atoms with Crippen LogP contribution in [0.15, 0.2) is 18.2 Å². The third kappa shape index (κ3) is 4.38. The van der Waals surface area contributed by atoms with Gasteiger partial charge in [-0.2, -0.15) is 0 Å². The third-order valence-corrected chi connectivity index (χ3v) is 2.70. The van der Waals surface area contributed by atoms with Crippen LogP contribution in [0.1, 0.15) is 19.8 Å². The summed E-state index contributed by atoms with van der Waals surface area (Å²) in [5.41, 5.74) is 1.79. The average molecular weight is 288 g/mol. The van der Waals surface area contributed by atoms with Crippen molar-refractivity contribution in [2.24, 2.45) is 5.84 Å². The lowest BCUT2D eigenvalue weighted by molar-refractivity contribution is -0.386. The summed E-state index contributed by atoms with van der Waals surface area (Å²) < 4.78 is 5.44. The molecule has 1 aromatic rings. The standard InChI is InChI=1S/C11H14ClN3O4/c1-7(5-6-10(16)14-13)19-11-8(12)3-2-4-9(11)15(17)18/h2-4,7H,5-6,13H2,1H3,(H,14,16). The molecular weight excluding hydrogens is 274 g/mol. The van der Waals surface area contributed by atoms with Gasteiger partial charge in [0.1, 0.15) is 0 Å². The van der Waals surface area contributed by atoms with E-state index in [9.17, 15) is 14.9 Å². The van der Waals surface area contributed by atoms with Gasteiger partial charge in [0.25, 0.3) is 0 Å². The Hall–Kier alpha value is -1.86. The first-order valence-corrected chi connectivity index (χ1v) is 5.92. The molecule has 1 unspecified atom stereocenters. The highest BCUT2D eigenvalue weighted by atomic mass is 35.5. The summed E-state index contributed by atoms with van der Waals surface area (Å²) in [6, 6.07) is 4.28. The van der Waals surface area contributed by atoms with E-state index in [4.69, 9.17) is 22.2 Å². The van der Waals surface area contributed by atoms with Crippen LogP contribution in [0, 0.1) is 10.1 Å². The number of hydrazine groups is 1. The van der Waals surface area contributed by atoms with E-state index in [-0.39, 0.29) is 28.8 Å². The van der Waals surface area contributed by atoms with Crippen LogP contribution in [0.2, 0.25) is 5.02 Å². The molecule has 7 nitrogen and oxygen atoms in total. The van der Waals surface area contributed by atoms with Gasteiger partial charge in [-0.3, -0.25) is 20.3 Å². The minimum Gasteiger partial charge on any atom is -0.483 e. The first-order chi connectivity index (χ1) is 8.95. The predicted octanol–water partition coefficient (Wildman–Crippen LogP) is 1.79. The van der Waals surface area contributed by atoms with Crippen LogP contribution in [0.3, 0.4) is 0 Å². The van der Waals surface area contributed by atoms with Crippen LogP contribution in [0.4, 0.5) is 5.69 Å². The summed E-state index contributed by atoms with van der Waals surface area (Å²) in [6.45, 7) is 1.69. The topological polar surface area (TPSA) is 107 Å². The molecule has 1 rings (SSSR count). The molecule has 0 aromatic heterocycles. The van der Waals surface area contributed by atoms with E-state index < -0.39 is 11.0 Å². The van der Waals surface area contributed by atoms with Crippen molar-refractivity contribution in [2.45, 2.75) is 25.9 Å². The van der Waals surface area contributed by atoms with Gasteiger partial charge < -0.3 is 4.74 Å². The van der Waals surface area contributed by atoms with Crippen molar-refractivity contribution in [3.8, 4) is 5.75 Å². The zero-order valence-corrected chi connectivity index (χ0v) is 11.0. The number of hydrogen-bond acceptors (Lipinski definition) is 5. The fraction of sp³-hybridized carbons (Fsp3) is 0.364. The van der Waals surface area contributed by atoms with Gasteiger partial charge in [-0.15, -0.1) is 0 Å². The molecule has 1 atom stereocenters. The van der Waals surface area contributed by atoms with Gasteiger partial charge >= 0.3 is 5.69 Å². The van der Waals surface area contributed by atoms with E-state index in [1.54, 1.807) is 6.92 Å². The lowest BCUT2D eigenvalue weighted by Crippen LogP contribution is -2.30. The van der Waals surface area contributed by atoms with Crippen LogP contribution in [-0.2, 0) is 4.79 Å². The molecule has 0 heterocycles. The van der Waals surface area contributed by atoms with Gasteiger partial charge in [0.2, 0.25) is 11.7 Å². The maximum atomic E-state index is 11.0. The van der Waals surface area contributed by atoms with Crippen molar-refractivity contribution in [3.05, 3.63) is 33.3 Å². The summed E-state index contributed by atoms with van der Waals surface area (Å²) in [6.07, 6.45) is 0.123. The Labute approximate surface area is 114 Å². The molecule has 0 aliphatic rings. The molecule has 0 spiro atoms. The largest absolute Gasteiger partial charge is 0.483 e. The summed E-state index contributed by atoms with van der Waals surface area (Å²) >= 11 is 5.88. The first kappa shape index (κ1) is 15.2. The zero-order chi connectivity index (χ0) is 14.4. The van der Waals surface area contributed by atoms with Crippen molar-refractivity contribution in [1.82, 2.24) is 5.43 Å². The number of nitro groups is 1. The number of nitrogens with two attached hydrogens (primary N) is 1.